The van der Waals surface area contributed by atoms with Crippen molar-refractivity contribution in [2.45, 2.75) is 40.2 Å². The lowest BCUT2D eigenvalue weighted by Gasteiger charge is -2.19. The van der Waals surface area contributed by atoms with Crippen molar-refractivity contribution in [3.05, 3.63) is 18.2 Å². The van der Waals surface area contributed by atoms with Gasteiger partial charge in [-0.15, -0.1) is 0 Å². The minimum atomic E-state index is -0.861. The van der Waals surface area contributed by atoms with Gasteiger partial charge in [0, 0.05) is 11.8 Å². The SMILES string of the molecule is C[C@@H](OC(=O)CC(C)(C)C)C(=O)Nc1ccc2c(c1)OCO2. The van der Waals surface area contributed by atoms with E-state index in [0.29, 0.717) is 17.2 Å². The van der Waals surface area contributed by atoms with Crippen molar-refractivity contribution < 1.29 is 23.8 Å². The van der Waals surface area contributed by atoms with E-state index in [0.717, 1.165) is 0 Å². The number of anilines is 1. The molecule has 1 aromatic rings. The Balaban J connectivity index is 1.90. The fourth-order valence-corrected chi connectivity index (χ4v) is 1.94. The van der Waals surface area contributed by atoms with E-state index in [1.165, 1.54) is 0 Å². The molecule has 0 spiro atoms. The number of carbonyl (C=O) groups is 2. The summed E-state index contributed by atoms with van der Waals surface area (Å²) in [6, 6.07) is 5.09. The van der Waals surface area contributed by atoms with E-state index < -0.39 is 6.10 Å². The van der Waals surface area contributed by atoms with Crippen LogP contribution in [-0.4, -0.2) is 24.8 Å². The predicted molar refractivity (Wildman–Crippen MR) is 80.8 cm³/mol. The summed E-state index contributed by atoms with van der Waals surface area (Å²) in [6.45, 7) is 7.53. The summed E-state index contributed by atoms with van der Waals surface area (Å²) < 4.78 is 15.6. The van der Waals surface area contributed by atoms with Crippen molar-refractivity contribution in [1.82, 2.24) is 0 Å². The summed E-state index contributed by atoms with van der Waals surface area (Å²) in [5.41, 5.74) is 0.387. The van der Waals surface area contributed by atoms with Crippen LogP contribution >= 0.6 is 0 Å². The highest BCUT2D eigenvalue weighted by molar-refractivity contribution is 5.95. The van der Waals surface area contributed by atoms with E-state index in [1.54, 1.807) is 25.1 Å². The van der Waals surface area contributed by atoms with Gasteiger partial charge in [0.25, 0.3) is 5.91 Å². The predicted octanol–water partition coefficient (Wildman–Crippen LogP) is 2.72. The molecule has 0 saturated heterocycles. The van der Waals surface area contributed by atoms with Crippen molar-refractivity contribution >= 4 is 17.6 Å². The van der Waals surface area contributed by atoms with Gasteiger partial charge in [0.15, 0.2) is 17.6 Å². The highest BCUT2D eigenvalue weighted by atomic mass is 16.7. The molecule has 0 saturated carbocycles. The van der Waals surface area contributed by atoms with Crippen LogP contribution in [-0.2, 0) is 14.3 Å². The molecule has 0 fully saturated rings. The first-order chi connectivity index (χ1) is 10.2. The molecule has 1 atom stereocenters. The summed E-state index contributed by atoms with van der Waals surface area (Å²) in [4.78, 5) is 23.8. The Morgan fingerprint density at radius 2 is 1.95 bits per heavy atom. The fourth-order valence-electron chi connectivity index (χ4n) is 1.94. The third-order valence-electron chi connectivity index (χ3n) is 2.99. The number of rotatable bonds is 4. The van der Waals surface area contributed by atoms with E-state index >= 15 is 0 Å². The van der Waals surface area contributed by atoms with E-state index in [2.05, 4.69) is 5.32 Å². The summed E-state index contributed by atoms with van der Waals surface area (Å²) >= 11 is 0. The molecule has 120 valence electrons. The molecule has 1 heterocycles. The maximum absolute atomic E-state index is 12.1. The molecule has 0 bridgehead atoms. The molecule has 0 unspecified atom stereocenters. The Labute approximate surface area is 129 Å². The van der Waals surface area contributed by atoms with Crippen LogP contribution in [0.2, 0.25) is 0 Å². The van der Waals surface area contributed by atoms with E-state index in [1.807, 2.05) is 20.8 Å². The quantitative estimate of drug-likeness (QED) is 0.866. The van der Waals surface area contributed by atoms with Crippen LogP contribution in [0.3, 0.4) is 0 Å². The van der Waals surface area contributed by atoms with Crippen LogP contribution in [0.15, 0.2) is 18.2 Å². The Morgan fingerprint density at radius 3 is 2.64 bits per heavy atom. The number of hydrogen-bond acceptors (Lipinski definition) is 5. The highest BCUT2D eigenvalue weighted by Crippen LogP contribution is 2.34. The van der Waals surface area contributed by atoms with Gasteiger partial charge in [-0.25, -0.2) is 0 Å². The van der Waals surface area contributed by atoms with Crippen molar-refractivity contribution in [2.75, 3.05) is 12.1 Å². The average Bonchev–Trinajstić information content (AvgIpc) is 2.83. The number of carbonyl (C=O) groups excluding carboxylic acids is 2. The van der Waals surface area contributed by atoms with Crippen molar-refractivity contribution in [2.24, 2.45) is 5.41 Å². The highest BCUT2D eigenvalue weighted by Gasteiger charge is 2.23. The first-order valence-corrected chi connectivity index (χ1v) is 7.14. The summed E-state index contributed by atoms with van der Waals surface area (Å²) in [6.07, 6.45) is -0.602. The second-order valence-corrected chi connectivity index (χ2v) is 6.43. The molecule has 22 heavy (non-hydrogen) atoms. The first-order valence-electron chi connectivity index (χ1n) is 7.14. The molecular formula is C16H21NO5. The fraction of sp³-hybridized carbons (Fsp3) is 0.500. The van der Waals surface area contributed by atoms with Gasteiger partial charge in [-0.3, -0.25) is 9.59 Å². The smallest absolute Gasteiger partial charge is 0.307 e. The standard InChI is InChI=1S/C16H21NO5/c1-10(22-14(18)8-16(2,3)4)15(19)17-11-5-6-12-13(7-11)21-9-20-12/h5-7,10H,8-9H2,1-4H3,(H,17,19)/t10-/m1/s1. The molecule has 0 aliphatic carbocycles. The van der Waals surface area contributed by atoms with Gasteiger partial charge in [0.1, 0.15) is 0 Å². The lowest BCUT2D eigenvalue weighted by atomic mass is 9.92. The molecule has 1 aliphatic rings. The second kappa shape index (κ2) is 6.25. The molecule has 2 rings (SSSR count). The van der Waals surface area contributed by atoms with Gasteiger partial charge >= 0.3 is 5.97 Å². The molecule has 6 nitrogen and oxygen atoms in total. The van der Waals surface area contributed by atoms with Crippen molar-refractivity contribution in [1.29, 1.82) is 0 Å². The number of benzene rings is 1. The first kappa shape index (κ1) is 16.1. The molecule has 0 radical (unpaired) electrons. The van der Waals surface area contributed by atoms with Crippen LogP contribution < -0.4 is 14.8 Å². The van der Waals surface area contributed by atoms with Gasteiger partial charge < -0.3 is 19.5 Å². The zero-order valence-electron chi connectivity index (χ0n) is 13.3. The normalized spacial score (nSPS) is 14.4. The zero-order valence-corrected chi connectivity index (χ0v) is 13.3. The second-order valence-electron chi connectivity index (χ2n) is 6.43. The molecule has 1 amide bonds. The van der Waals surface area contributed by atoms with Crippen LogP contribution in [0.5, 0.6) is 11.5 Å². The van der Waals surface area contributed by atoms with Crippen molar-refractivity contribution in [3.63, 3.8) is 0 Å². The summed E-state index contributed by atoms with van der Waals surface area (Å²) in [7, 11) is 0. The molecule has 1 N–H and O–H groups in total. The molecule has 1 aliphatic heterocycles. The minimum Gasteiger partial charge on any atom is -0.454 e. The Kier molecular flexibility index (Phi) is 4.59. The van der Waals surface area contributed by atoms with Gasteiger partial charge in [0.05, 0.1) is 6.42 Å². The lowest BCUT2D eigenvalue weighted by Crippen LogP contribution is -2.31. The topological polar surface area (TPSA) is 73.9 Å². The van der Waals surface area contributed by atoms with Gasteiger partial charge in [0.2, 0.25) is 6.79 Å². The van der Waals surface area contributed by atoms with Crippen LogP contribution in [0.25, 0.3) is 0 Å². The van der Waals surface area contributed by atoms with Crippen molar-refractivity contribution in [3.8, 4) is 11.5 Å². The van der Waals surface area contributed by atoms with Crippen LogP contribution in [0.4, 0.5) is 5.69 Å². The van der Waals surface area contributed by atoms with E-state index in [4.69, 9.17) is 14.2 Å². The maximum Gasteiger partial charge on any atom is 0.307 e. The zero-order chi connectivity index (χ0) is 16.3. The van der Waals surface area contributed by atoms with E-state index in [-0.39, 0.29) is 30.5 Å². The number of hydrogen-bond donors (Lipinski definition) is 1. The Hall–Kier alpha value is -2.24. The third kappa shape index (κ3) is 4.38. The number of esters is 1. The van der Waals surface area contributed by atoms with Crippen LogP contribution in [0, 0.1) is 5.41 Å². The van der Waals surface area contributed by atoms with Crippen LogP contribution in [0.1, 0.15) is 34.1 Å². The minimum absolute atomic E-state index is 0.174. The van der Waals surface area contributed by atoms with E-state index in [9.17, 15) is 9.59 Å². The number of nitrogens with one attached hydrogen (secondary N) is 1. The molecule has 6 heteroatoms. The Bertz CT molecular complexity index is 576. The van der Waals surface area contributed by atoms with Gasteiger partial charge in [-0.05, 0) is 24.5 Å². The molecule has 0 aromatic heterocycles. The molecular weight excluding hydrogens is 286 g/mol. The summed E-state index contributed by atoms with van der Waals surface area (Å²) in [5.74, 6) is 0.444. The number of ether oxygens (including phenoxy) is 3. The molecule has 1 aromatic carbocycles. The monoisotopic (exact) mass is 307 g/mol. The third-order valence-corrected chi connectivity index (χ3v) is 2.99. The summed E-state index contributed by atoms with van der Waals surface area (Å²) in [5, 5.41) is 2.69. The largest absolute Gasteiger partial charge is 0.454 e. The number of amides is 1. The average molecular weight is 307 g/mol. The van der Waals surface area contributed by atoms with Gasteiger partial charge in [-0.2, -0.15) is 0 Å². The maximum atomic E-state index is 12.1. The lowest BCUT2D eigenvalue weighted by molar-refractivity contribution is -0.154. The van der Waals surface area contributed by atoms with Gasteiger partial charge in [-0.1, -0.05) is 20.8 Å². The number of fused-ring (bicyclic) bond motifs is 1. The Morgan fingerprint density at radius 1 is 1.27 bits per heavy atom.